The number of esters is 1. The highest BCUT2D eigenvalue weighted by atomic mass is 32.2. The molecule has 2 rings (SSSR count). The maximum Gasteiger partial charge on any atom is 0.325 e. The van der Waals surface area contributed by atoms with Crippen molar-refractivity contribution in [3.63, 3.8) is 0 Å². The van der Waals surface area contributed by atoms with E-state index >= 15 is 0 Å². The molecule has 1 aromatic carbocycles. The van der Waals surface area contributed by atoms with Crippen LogP contribution < -0.4 is 4.80 Å². The van der Waals surface area contributed by atoms with Gasteiger partial charge in [0.1, 0.15) is 6.54 Å². The summed E-state index contributed by atoms with van der Waals surface area (Å²) in [4.78, 5) is 11.7. The standard InChI is InChI=1S/C11H12N2O4S2/c1-17-10(14)6-13-8-4-3-7(19(2,15)16)5-9(8)18-11(13)12/h3-5,12H,6H2,1-2H3. The summed E-state index contributed by atoms with van der Waals surface area (Å²) in [6.07, 6.45) is 1.13. The van der Waals surface area contributed by atoms with Crippen molar-refractivity contribution >= 4 is 37.4 Å². The number of rotatable bonds is 3. The number of hydrogen-bond donors (Lipinski definition) is 1. The number of benzene rings is 1. The second-order valence-corrected chi connectivity index (χ2v) is 7.02. The maximum absolute atomic E-state index is 11.5. The summed E-state index contributed by atoms with van der Waals surface area (Å²) in [6.45, 7) is -0.0619. The molecule has 0 unspecified atom stereocenters. The largest absolute Gasteiger partial charge is 0.468 e. The molecule has 0 aliphatic heterocycles. The van der Waals surface area contributed by atoms with E-state index in [1.165, 1.54) is 23.8 Å². The van der Waals surface area contributed by atoms with Crippen molar-refractivity contribution in [2.24, 2.45) is 0 Å². The summed E-state index contributed by atoms with van der Waals surface area (Å²) in [6, 6.07) is 4.59. The third-order valence-electron chi connectivity index (χ3n) is 2.62. The van der Waals surface area contributed by atoms with Crippen LogP contribution in [0.5, 0.6) is 0 Å². The number of nitrogens with zero attached hydrogens (tertiary/aromatic N) is 1. The Morgan fingerprint density at radius 1 is 1.47 bits per heavy atom. The lowest BCUT2D eigenvalue weighted by Crippen LogP contribution is -2.20. The molecule has 0 fully saturated rings. The van der Waals surface area contributed by atoms with E-state index in [2.05, 4.69) is 4.74 Å². The first-order valence-corrected chi connectivity index (χ1v) is 7.98. The van der Waals surface area contributed by atoms with Gasteiger partial charge in [-0.3, -0.25) is 10.2 Å². The molecule has 0 bridgehead atoms. The second kappa shape index (κ2) is 4.78. The van der Waals surface area contributed by atoms with Crippen LogP contribution in [0.25, 0.3) is 10.2 Å². The minimum absolute atomic E-state index is 0.0619. The monoisotopic (exact) mass is 300 g/mol. The quantitative estimate of drug-likeness (QED) is 0.847. The summed E-state index contributed by atoms with van der Waals surface area (Å²) in [5.74, 6) is -0.453. The summed E-state index contributed by atoms with van der Waals surface area (Å²) in [5, 5.41) is 7.82. The lowest BCUT2D eigenvalue weighted by atomic mass is 10.3. The maximum atomic E-state index is 11.5. The highest BCUT2D eigenvalue weighted by Crippen LogP contribution is 2.21. The number of ether oxygens (including phenoxy) is 1. The van der Waals surface area contributed by atoms with Crippen molar-refractivity contribution in [2.45, 2.75) is 11.4 Å². The highest BCUT2D eigenvalue weighted by molar-refractivity contribution is 7.90. The molecule has 0 aliphatic rings. The molecule has 1 heterocycles. The van der Waals surface area contributed by atoms with Gasteiger partial charge >= 0.3 is 5.97 Å². The fourth-order valence-electron chi connectivity index (χ4n) is 1.65. The van der Waals surface area contributed by atoms with Crippen molar-refractivity contribution in [3.8, 4) is 0 Å². The average Bonchev–Trinajstić information content (AvgIpc) is 2.64. The van der Waals surface area contributed by atoms with Crippen LogP contribution in [0.15, 0.2) is 23.1 Å². The highest BCUT2D eigenvalue weighted by Gasteiger charge is 2.13. The molecule has 0 spiro atoms. The van der Waals surface area contributed by atoms with Gasteiger partial charge in [0.15, 0.2) is 14.6 Å². The Bertz CT molecular complexity index is 802. The zero-order chi connectivity index (χ0) is 14.2. The third-order valence-corrected chi connectivity index (χ3v) is 4.69. The smallest absolute Gasteiger partial charge is 0.325 e. The topological polar surface area (TPSA) is 89.2 Å². The zero-order valence-corrected chi connectivity index (χ0v) is 12.0. The van der Waals surface area contributed by atoms with Gasteiger partial charge in [0.25, 0.3) is 0 Å². The van der Waals surface area contributed by atoms with Crippen molar-refractivity contribution in [1.82, 2.24) is 4.57 Å². The van der Waals surface area contributed by atoms with Crippen molar-refractivity contribution in [1.29, 1.82) is 5.41 Å². The van der Waals surface area contributed by atoms with E-state index in [0.717, 1.165) is 17.6 Å². The zero-order valence-electron chi connectivity index (χ0n) is 10.3. The van der Waals surface area contributed by atoms with Gasteiger partial charge in [0.2, 0.25) is 0 Å². The van der Waals surface area contributed by atoms with Crippen LogP contribution in [0.1, 0.15) is 0 Å². The van der Waals surface area contributed by atoms with Crippen molar-refractivity contribution < 1.29 is 17.9 Å². The average molecular weight is 300 g/mol. The van der Waals surface area contributed by atoms with E-state index in [0.29, 0.717) is 10.2 Å². The summed E-state index contributed by atoms with van der Waals surface area (Å²) in [5.41, 5.74) is 0.646. The summed E-state index contributed by atoms with van der Waals surface area (Å²) in [7, 11) is -2.00. The number of carbonyl (C=O) groups excluding carboxylic acids is 1. The van der Waals surface area contributed by atoms with Crippen molar-refractivity contribution in [2.75, 3.05) is 13.4 Å². The molecule has 1 aromatic heterocycles. The van der Waals surface area contributed by atoms with Crippen LogP contribution in [0.2, 0.25) is 0 Å². The number of methoxy groups -OCH3 is 1. The van der Waals surface area contributed by atoms with Gasteiger partial charge in [0, 0.05) is 6.26 Å². The fraction of sp³-hybridized carbons (Fsp3) is 0.273. The second-order valence-electron chi connectivity index (χ2n) is 3.97. The van der Waals surface area contributed by atoms with Crippen LogP contribution in [0.4, 0.5) is 0 Å². The first-order valence-electron chi connectivity index (χ1n) is 5.28. The summed E-state index contributed by atoms with van der Waals surface area (Å²) >= 11 is 1.12. The predicted octanol–water partition coefficient (Wildman–Crippen LogP) is 0.759. The van der Waals surface area contributed by atoms with E-state index in [1.54, 1.807) is 6.07 Å². The number of sulfone groups is 1. The minimum Gasteiger partial charge on any atom is -0.468 e. The predicted molar refractivity (Wildman–Crippen MR) is 70.8 cm³/mol. The van der Waals surface area contributed by atoms with Gasteiger partial charge in [-0.1, -0.05) is 11.3 Å². The van der Waals surface area contributed by atoms with Crippen LogP contribution in [0.3, 0.4) is 0 Å². The Hall–Kier alpha value is -1.67. The molecule has 1 N–H and O–H groups in total. The number of fused-ring (bicyclic) bond motifs is 1. The number of aromatic nitrogens is 1. The Morgan fingerprint density at radius 3 is 2.74 bits per heavy atom. The van der Waals surface area contributed by atoms with E-state index in [9.17, 15) is 13.2 Å². The lowest BCUT2D eigenvalue weighted by Gasteiger charge is -2.03. The number of hydrogen-bond acceptors (Lipinski definition) is 6. The SMILES string of the molecule is COC(=O)Cn1c(=N)sc2cc(S(C)(=O)=O)ccc21. The molecule has 0 saturated carbocycles. The van der Waals surface area contributed by atoms with Gasteiger partial charge in [-0.15, -0.1) is 0 Å². The molecule has 19 heavy (non-hydrogen) atoms. The summed E-state index contributed by atoms with van der Waals surface area (Å²) < 4.78 is 29.6. The van der Waals surface area contributed by atoms with E-state index in [-0.39, 0.29) is 16.2 Å². The molecule has 2 aromatic rings. The molecule has 8 heteroatoms. The van der Waals surface area contributed by atoms with E-state index < -0.39 is 15.8 Å². The van der Waals surface area contributed by atoms with Gasteiger partial charge in [-0.05, 0) is 18.2 Å². The number of carbonyl (C=O) groups is 1. The van der Waals surface area contributed by atoms with Gasteiger partial charge in [-0.2, -0.15) is 0 Å². The number of nitrogens with one attached hydrogen (secondary N) is 1. The Morgan fingerprint density at radius 2 is 2.16 bits per heavy atom. The first kappa shape index (κ1) is 13.8. The molecule has 6 nitrogen and oxygen atoms in total. The van der Waals surface area contributed by atoms with Crippen LogP contribution in [-0.2, 0) is 25.9 Å². The Labute approximate surface area is 113 Å². The Balaban J connectivity index is 2.61. The van der Waals surface area contributed by atoms with Crippen molar-refractivity contribution in [3.05, 3.63) is 23.0 Å². The number of thiazole rings is 1. The molecular weight excluding hydrogens is 288 g/mol. The minimum atomic E-state index is -3.28. The molecule has 0 atom stereocenters. The van der Waals surface area contributed by atoms with Crippen LogP contribution in [0, 0.1) is 5.41 Å². The fourth-order valence-corrected chi connectivity index (χ4v) is 3.32. The van der Waals surface area contributed by atoms with E-state index in [1.807, 2.05) is 0 Å². The molecule has 0 aliphatic carbocycles. The third kappa shape index (κ3) is 2.69. The van der Waals surface area contributed by atoms with Gasteiger partial charge in [0.05, 0.1) is 22.2 Å². The molecular formula is C11H12N2O4S2. The van der Waals surface area contributed by atoms with Crippen LogP contribution >= 0.6 is 11.3 Å². The van der Waals surface area contributed by atoms with Crippen LogP contribution in [-0.4, -0.2) is 32.3 Å². The molecule has 0 saturated heterocycles. The first-order chi connectivity index (χ1) is 8.82. The van der Waals surface area contributed by atoms with E-state index in [4.69, 9.17) is 5.41 Å². The molecule has 102 valence electrons. The molecule has 0 radical (unpaired) electrons. The normalized spacial score (nSPS) is 11.7. The molecule has 0 amide bonds. The van der Waals surface area contributed by atoms with Gasteiger partial charge < -0.3 is 9.30 Å². The van der Waals surface area contributed by atoms with Gasteiger partial charge in [-0.25, -0.2) is 8.42 Å². The Kier molecular flexibility index (Phi) is 3.46. The lowest BCUT2D eigenvalue weighted by molar-refractivity contribution is -0.141.